The number of rotatable bonds is 9. The van der Waals surface area contributed by atoms with Gasteiger partial charge in [-0.3, -0.25) is 4.79 Å². The van der Waals surface area contributed by atoms with Crippen LogP contribution in [0.15, 0.2) is 0 Å². The number of halogens is 2. The lowest BCUT2D eigenvalue weighted by Gasteiger charge is -2.31. The zero-order valence-corrected chi connectivity index (χ0v) is 13.9. The molecule has 1 unspecified atom stereocenters. The fourth-order valence-corrected chi connectivity index (χ4v) is 3.41. The maximum atomic E-state index is 14.2. The van der Waals surface area contributed by atoms with Gasteiger partial charge in [0.15, 0.2) is 0 Å². The first-order chi connectivity index (χ1) is 9.33. The number of thiocarbonyl (C=S) groups is 1. The maximum absolute atomic E-state index is 14.2. The quantitative estimate of drug-likeness (QED) is 0.396. The molecule has 0 aliphatic carbocycles. The van der Waals surface area contributed by atoms with Crippen molar-refractivity contribution in [1.29, 1.82) is 5.26 Å². The van der Waals surface area contributed by atoms with Gasteiger partial charge in [-0.1, -0.05) is 19.1 Å². The minimum atomic E-state index is -3.17. The third kappa shape index (κ3) is 6.37. The van der Waals surface area contributed by atoms with E-state index in [1.165, 1.54) is 18.7 Å². The number of nitrogens with zero attached hydrogens (tertiary/aromatic N) is 1. The Morgan fingerprint density at radius 1 is 1.50 bits per heavy atom. The lowest BCUT2D eigenvalue weighted by Crippen LogP contribution is -2.42. The average molecular weight is 340 g/mol. The Labute approximate surface area is 132 Å². The Bertz CT molecular complexity index is 374. The van der Waals surface area contributed by atoms with E-state index in [1.54, 1.807) is 6.07 Å². The predicted octanol–water partition coefficient (Wildman–Crippen LogP) is 3.45. The Morgan fingerprint density at radius 3 is 2.65 bits per heavy atom. The molecule has 20 heavy (non-hydrogen) atoms. The monoisotopic (exact) mass is 340 g/mol. The van der Waals surface area contributed by atoms with Crippen molar-refractivity contribution in [3.05, 3.63) is 0 Å². The molecule has 0 saturated carbocycles. The van der Waals surface area contributed by atoms with Crippen molar-refractivity contribution in [3.8, 4) is 6.07 Å². The smallest absolute Gasteiger partial charge is 0.275 e. The summed E-state index contributed by atoms with van der Waals surface area (Å²) in [5.74, 6) is -2.89. The molecule has 8 heteroatoms. The highest BCUT2D eigenvalue weighted by Gasteiger charge is 2.50. The minimum absolute atomic E-state index is 0.0445. The summed E-state index contributed by atoms with van der Waals surface area (Å²) < 4.78 is 28.8. The van der Waals surface area contributed by atoms with Gasteiger partial charge in [-0.2, -0.15) is 5.26 Å². The molecule has 3 nitrogen and oxygen atoms in total. The van der Waals surface area contributed by atoms with E-state index in [0.29, 0.717) is 9.94 Å². The van der Waals surface area contributed by atoms with Crippen LogP contribution < -0.4 is 5.32 Å². The van der Waals surface area contributed by atoms with Crippen molar-refractivity contribution in [3.63, 3.8) is 0 Å². The summed E-state index contributed by atoms with van der Waals surface area (Å²) >= 11 is 7.29. The first-order valence-corrected chi connectivity index (χ1v) is 8.46. The summed E-state index contributed by atoms with van der Waals surface area (Å²) in [5.41, 5.74) is -1.82. The van der Waals surface area contributed by atoms with E-state index in [1.807, 2.05) is 6.92 Å². The standard InChI is InChI=1S/C12H18F2N2OS3/c1-3-6-19-10(18)20-8-12(13,14)11(2,7-15)4-5-16-9-17/h9H,3-6,8H2,1-2H3,(H,16,17). The van der Waals surface area contributed by atoms with Crippen LogP contribution in [0.1, 0.15) is 26.7 Å². The van der Waals surface area contributed by atoms with Gasteiger partial charge in [0, 0.05) is 6.54 Å². The largest absolute Gasteiger partial charge is 0.359 e. The summed E-state index contributed by atoms with van der Waals surface area (Å²) in [6.07, 6.45) is 1.25. The second-order valence-corrected chi connectivity index (χ2v) is 7.63. The molecule has 0 aliphatic heterocycles. The van der Waals surface area contributed by atoms with Crippen molar-refractivity contribution in [2.24, 2.45) is 5.41 Å². The molecule has 0 heterocycles. The number of amides is 1. The number of carbonyl (C=O) groups is 1. The van der Waals surface area contributed by atoms with Crippen LogP contribution in [0.25, 0.3) is 0 Å². The number of nitriles is 1. The third-order valence-corrected chi connectivity index (χ3v) is 5.71. The zero-order valence-electron chi connectivity index (χ0n) is 11.4. The Balaban J connectivity index is 4.52. The van der Waals surface area contributed by atoms with E-state index in [-0.39, 0.29) is 13.0 Å². The molecule has 0 saturated heterocycles. The van der Waals surface area contributed by atoms with E-state index in [0.717, 1.165) is 23.9 Å². The van der Waals surface area contributed by atoms with Crippen molar-refractivity contribution in [2.45, 2.75) is 32.6 Å². The predicted molar refractivity (Wildman–Crippen MR) is 85.2 cm³/mol. The van der Waals surface area contributed by atoms with Crippen molar-refractivity contribution >= 4 is 45.7 Å². The summed E-state index contributed by atoms with van der Waals surface area (Å²) in [4.78, 5) is 10.1. The molecule has 0 rings (SSSR count). The lowest BCUT2D eigenvalue weighted by atomic mass is 9.82. The molecule has 114 valence electrons. The number of hydrogen-bond donors (Lipinski definition) is 1. The Hall–Kier alpha value is -0.390. The van der Waals surface area contributed by atoms with Crippen LogP contribution in [-0.4, -0.2) is 33.9 Å². The van der Waals surface area contributed by atoms with E-state index >= 15 is 0 Å². The molecule has 0 aliphatic rings. The summed E-state index contributed by atoms with van der Waals surface area (Å²) in [7, 11) is 0. The van der Waals surface area contributed by atoms with E-state index in [9.17, 15) is 13.6 Å². The van der Waals surface area contributed by atoms with Crippen LogP contribution in [0.4, 0.5) is 8.78 Å². The molecule has 0 aromatic rings. The van der Waals surface area contributed by atoms with Crippen molar-refractivity contribution in [1.82, 2.24) is 5.32 Å². The molecule has 0 bridgehead atoms. The van der Waals surface area contributed by atoms with Gasteiger partial charge in [0.25, 0.3) is 5.92 Å². The summed E-state index contributed by atoms with van der Waals surface area (Å²) in [5, 5.41) is 11.3. The second kappa shape index (κ2) is 9.53. The van der Waals surface area contributed by atoms with Gasteiger partial charge in [-0.05, 0) is 25.5 Å². The molecule has 1 amide bonds. The van der Waals surface area contributed by atoms with Crippen LogP contribution in [0, 0.1) is 16.7 Å². The molecule has 0 aromatic carbocycles. The summed E-state index contributed by atoms with van der Waals surface area (Å²) in [6.45, 7) is 3.24. The van der Waals surface area contributed by atoms with Crippen LogP contribution in [0.5, 0.6) is 0 Å². The van der Waals surface area contributed by atoms with Gasteiger partial charge in [0.1, 0.15) is 8.94 Å². The molecule has 0 aromatic heterocycles. The van der Waals surface area contributed by atoms with Gasteiger partial charge in [-0.15, -0.1) is 23.5 Å². The van der Waals surface area contributed by atoms with E-state index < -0.39 is 17.1 Å². The Morgan fingerprint density at radius 2 is 2.15 bits per heavy atom. The fourth-order valence-electron chi connectivity index (χ4n) is 1.24. The maximum Gasteiger partial charge on any atom is 0.275 e. The summed E-state index contributed by atoms with van der Waals surface area (Å²) in [6, 6.07) is 1.68. The van der Waals surface area contributed by atoms with Gasteiger partial charge < -0.3 is 5.32 Å². The van der Waals surface area contributed by atoms with Crippen LogP contribution >= 0.6 is 35.7 Å². The normalized spacial score (nSPS) is 14.2. The average Bonchev–Trinajstić information content (AvgIpc) is 2.42. The van der Waals surface area contributed by atoms with Gasteiger partial charge in [0.2, 0.25) is 6.41 Å². The highest BCUT2D eigenvalue weighted by molar-refractivity contribution is 8.47. The third-order valence-electron chi connectivity index (χ3n) is 2.70. The van der Waals surface area contributed by atoms with Crippen molar-refractivity contribution < 1.29 is 13.6 Å². The molecular formula is C12H18F2N2OS3. The molecule has 1 atom stereocenters. The van der Waals surface area contributed by atoms with Crippen LogP contribution in [0.3, 0.4) is 0 Å². The van der Waals surface area contributed by atoms with Gasteiger partial charge in [0.05, 0.1) is 11.8 Å². The highest BCUT2D eigenvalue weighted by atomic mass is 32.2. The van der Waals surface area contributed by atoms with Crippen molar-refractivity contribution in [2.75, 3.05) is 18.1 Å². The van der Waals surface area contributed by atoms with E-state index in [4.69, 9.17) is 17.5 Å². The first kappa shape index (κ1) is 19.6. The molecule has 0 fully saturated rings. The van der Waals surface area contributed by atoms with Crippen LogP contribution in [0.2, 0.25) is 0 Å². The number of alkyl halides is 2. The highest BCUT2D eigenvalue weighted by Crippen LogP contribution is 2.42. The number of hydrogen-bond acceptors (Lipinski definition) is 5. The Kier molecular flexibility index (Phi) is 9.34. The number of thioether (sulfide) groups is 2. The van der Waals surface area contributed by atoms with Gasteiger partial charge >= 0.3 is 0 Å². The number of nitrogens with one attached hydrogen (secondary N) is 1. The topological polar surface area (TPSA) is 52.9 Å². The first-order valence-electron chi connectivity index (χ1n) is 6.08. The molecule has 0 spiro atoms. The lowest BCUT2D eigenvalue weighted by molar-refractivity contribution is -0.110. The van der Waals surface area contributed by atoms with E-state index in [2.05, 4.69) is 5.32 Å². The molecular weight excluding hydrogens is 322 g/mol. The number of carbonyl (C=O) groups excluding carboxylic acids is 1. The second-order valence-electron chi connectivity index (χ2n) is 4.36. The minimum Gasteiger partial charge on any atom is -0.359 e. The SMILES string of the molecule is CCCSC(=S)SCC(F)(F)C(C)(C#N)CCNC=O. The van der Waals surface area contributed by atoms with Gasteiger partial charge in [-0.25, -0.2) is 8.78 Å². The molecule has 0 radical (unpaired) electrons. The zero-order chi connectivity index (χ0) is 15.6. The van der Waals surface area contributed by atoms with Crippen LogP contribution in [-0.2, 0) is 4.79 Å². The fraction of sp³-hybridized carbons (Fsp3) is 0.750. The molecule has 1 N–H and O–H groups in total.